The molecular weight excluding hydrogens is 516 g/mol. The van der Waals surface area contributed by atoms with Gasteiger partial charge in [0.1, 0.15) is 18.1 Å². The van der Waals surface area contributed by atoms with Gasteiger partial charge in [-0.25, -0.2) is 0 Å². The Balaban J connectivity index is 1.14. The number of ether oxygens (including phenoxy) is 2. The molecule has 1 aliphatic heterocycles. The van der Waals surface area contributed by atoms with E-state index in [4.69, 9.17) is 9.47 Å². The first-order chi connectivity index (χ1) is 19.9. The highest BCUT2D eigenvalue weighted by atomic mass is 16.5. The molecule has 1 heterocycles. The van der Waals surface area contributed by atoms with Crippen molar-refractivity contribution in [2.75, 3.05) is 19.7 Å². The molecule has 41 heavy (non-hydrogen) atoms. The Morgan fingerprint density at radius 1 is 0.902 bits per heavy atom. The lowest BCUT2D eigenvalue weighted by molar-refractivity contribution is -0.132. The predicted octanol–water partition coefficient (Wildman–Crippen LogP) is 5.46. The van der Waals surface area contributed by atoms with Gasteiger partial charge in [0.2, 0.25) is 11.8 Å². The molecule has 7 heteroatoms. The Morgan fingerprint density at radius 2 is 1.54 bits per heavy atom. The van der Waals surface area contributed by atoms with E-state index >= 15 is 0 Å². The molecule has 0 aromatic heterocycles. The van der Waals surface area contributed by atoms with Gasteiger partial charge >= 0.3 is 0 Å². The van der Waals surface area contributed by atoms with E-state index in [0.717, 1.165) is 41.0 Å². The highest BCUT2D eigenvalue weighted by Gasteiger charge is 2.26. The number of aliphatic hydroxyl groups excluding tert-OH is 1. The van der Waals surface area contributed by atoms with E-state index < -0.39 is 12.1 Å². The number of benzene rings is 3. The molecule has 3 aromatic carbocycles. The number of aliphatic hydroxyl groups is 1. The molecule has 0 bridgehead atoms. The van der Waals surface area contributed by atoms with Crippen molar-refractivity contribution in [3.8, 4) is 11.5 Å². The van der Waals surface area contributed by atoms with Gasteiger partial charge in [0.05, 0.1) is 18.8 Å². The number of rotatable bonds is 13. The number of nitrogens with one attached hydrogen (secondary N) is 1. The van der Waals surface area contributed by atoms with Crippen LogP contribution in [-0.2, 0) is 22.6 Å². The molecule has 1 aliphatic rings. The lowest BCUT2D eigenvalue weighted by Crippen LogP contribution is -2.41. The lowest BCUT2D eigenvalue weighted by Gasteiger charge is -2.32. The van der Waals surface area contributed by atoms with E-state index in [1.807, 2.05) is 97.6 Å². The van der Waals surface area contributed by atoms with Crippen LogP contribution in [0.25, 0.3) is 0 Å². The van der Waals surface area contributed by atoms with Gasteiger partial charge in [-0.3, -0.25) is 9.59 Å². The van der Waals surface area contributed by atoms with Crippen molar-refractivity contribution in [3.63, 3.8) is 0 Å². The molecule has 0 saturated carbocycles. The fourth-order valence-corrected chi connectivity index (χ4v) is 5.16. The fourth-order valence-electron chi connectivity index (χ4n) is 5.16. The molecular formula is C34H42N2O5. The summed E-state index contributed by atoms with van der Waals surface area (Å²) >= 11 is 0. The van der Waals surface area contributed by atoms with E-state index in [-0.39, 0.29) is 17.7 Å². The van der Waals surface area contributed by atoms with Gasteiger partial charge in [-0.15, -0.1) is 0 Å². The molecule has 0 unspecified atom stereocenters. The van der Waals surface area contributed by atoms with Crippen LogP contribution in [0, 0.1) is 5.92 Å². The third-order valence-electron chi connectivity index (χ3n) is 7.64. The molecule has 3 aromatic rings. The Hall–Kier alpha value is -3.84. The Morgan fingerprint density at radius 3 is 2.20 bits per heavy atom. The zero-order valence-corrected chi connectivity index (χ0v) is 24.1. The zero-order chi connectivity index (χ0) is 29.0. The Labute approximate surface area is 243 Å². The number of aryl methyl sites for hydroxylation is 1. The quantitative estimate of drug-likeness (QED) is 0.291. The molecule has 0 aliphatic carbocycles. The summed E-state index contributed by atoms with van der Waals surface area (Å²) in [5.74, 6) is 1.89. The molecule has 218 valence electrons. The second kappa shape index (κ2) is 15.2. The van der Waals surface area contributed by atoms with Gasteiger partial charge in [-0.1, -0.05) is 54.6 Å². The van der Waals surface area contributed by atoms with Crippen molar-refractivity contribution in [1.82, 2.24) is 10.2 Å². The van der Waals surface area contributed by atoms with Gasteiger partial charge in [0.25, 0.3) is 0 Å². The number of likely N-dealkylation sites (tertiary alicyclic amines) is 1. The molecule has 0 spiro atoms. The standard InChI is InChI=1S/C34H42N2O5/c1-3-40-30-14-9-26(10-15-30)11-18-33(38)36-21-19-27(20-22-36)23-32(37)35-25(2)34(39)29-12-16-31(17-13-29)41-24-28-7-5-4-6-8-28/h4-10,12-17,25,27,34,39H,3,11,18-24H2,1-2H3,(H,35,37)/t25-,34-/m0/s1. The first-order valence-electron chi connectivity index (χ1n) is 14.6. The number of amides is 2. The van der Waals surface area contributed by atoms with E-state index in [0.29, 0.717) is 45.6 Å². The maximum atomic E-state index is 12.7. The van der Waals surface area contributed by atoms with Crippen LogP contribution in [0.2, 0.25) is 0 Å². The number of hydrogen-bond donors (Lipinski definition) is 2. The minimum atomic E-state index is -0.822. The van der Waals surface area contributed by atoms with Crippen LogP contribution in [-0.4, -0.2) is 47.6 Å². The molecule has 4 rings (SSSR count). The SMILES string of the molecule is CCOc1ccc(CCC(=O)N2CCC(CC(=O)N[C@@H](C)[C@H](O)c3ccc(OCc4ccccc4)cc3)CC2)cc1. The van der Waals surface area contributed by atoms with Crippen LogP contribution < -0.4 is 14.8 Å². The topological polar surface area (TPSA) is 88.1 Å². The van der Waals surface area contributed by atoms with Crippen LogP contribution in [0.5, 0.6) is 11.5 Å². The monoisotopic (exact) mass is 558 g/mol. The fraction of sp³-hybridized carbons (Fsp3) is 0.412. The normalized spacial score (nSPS) is 15.1. The molecule has 2 N–H and O–H groups in total. The minimum absolute atomic E-state index is 0.0698. The van der Waals surface area contributed by atoms with Gasteiger partial charge in [-0.05, 0) is 80.0 Å². The van der Waals surface area contributed by atoms with Gasteiger partial charge < -0.3 is 24.8 Å². The van der Waals surface area contributed by atoms with E-state index in [2.05, 4.69) is 5.32 Å². The summed E-state index contributed by atoms with van der Waals surface area (Å²) in [6.07, 6.45) is 2.38. The average molecular weight is 559 g/mol. The number of hydrogen-bond acceptors (Lipinski definition) is 5. The van der Waals surface area contributed by atoms with Crippen LogP contribution in [0.15, 0.2) is 78.9 Å². The average Bonchev–Trinajstić information content (AvgIpc) is 3.00. The zero-order valence-electron chi connectivity index (χ0n) is 24.1. The molecule has 7 nitrogen and oxygen atoms in total. The van der Waals surface area contributed by atoms with Crippen LogP contribution in [0.1, 0.15) is 62.3 Å². The second-order valence-electron chi connectivity index (χ2n) is 10.7. The second-order valence-corrected chi connectivity index (χ2v) is 10.7. The molecule has 1 saturated heterocycles. The van der Waals surface area contributed by atoms with Gasteiger partial charge in [0.15, 0.2) is 0 Å². The van der Waals surface area contributed by atoms with E-state index in [9.17, 15) is 14.7 Å². The summed E-state index contributed by atoms with van der Waals surface area (Å²) in [4.78, 5) is 27.4. The van der Waals surface area contributed by atoms with Gasteiger partial charge in [-0.2, -0.15) is 0 Å². The van der Waals surface area contributed by atoms with Crippen LogP contribution >= 0.6 is 0 Å². The molecule has 0 radical (unpaired) electrons. The highest BCUT2D eigenvalue weighted by Crippen LogP contribution is 2.24. The maximum Gasteiger partial charge on any atom is 0.222 e. The molecule has 1 fully saturated rings. The van der Waals surface area contributed by atoms with Crippen LogP contribution in [0.4, 0.5) is 0 Å². The summed E-state index contributed by atoms with van der Waals surface area (Å²) in [5.41, 5.74) is 2.93. The van der Waals surface area contributed by atoms with Crippen LogP contribution in [0.3, 0.4) is 0 Å². The molecule has 2 amide bonds. The van der Waals surface area contributed by atoms with E-state index in [1.165, 1.54) is 0 Å². The summed E-state index contributed by atoms with van der Waals surface area (Å²) in [7, 11) is 0. The third kappa shape index (κ3) is 9.35. The van der Waals surface area contributed by atoms with E-state index in [1.54, 1.807) is 0 Å². The summed E-state index contributed by atoms with van der Waals surface area (Å²) in [5, 5.41) is 13.8. The Kier molecular flexibility index (Phi) is 11.2. The number of carbonyl (C=O) groups is 2. The summed E-state index contributed by atoms with van der Waals surface area (Å²) in [6, 6.07) is 24.8. The van der Waals surface area contributed by atoms with Crippen molar-refractivity contribution in [1.29, 1.82) is 0 Å². The first kappa shape index (κ1) is 30.1. The van der Waals surface area contributed by atoms with Gasteiger partial charge in [0, 0.05) is 25.9 Å². The van der Waals surface area contributed by atoms with Crippen molar-refractivity contribution in [2.45, 2.75) is 64.7 Å². The van der Waals surface area contributed by atoms with Crippen molar-refractivity contribution < 1.29 is 24.2 Å². The minimum Gasteiger partial charge on any atom is -0.494 e. The number of piperidine rings is 1. The maximum absolute atomic E-state index is 12.7. The number of nitrogens with zero attached hydrogens (tertiary/aromatic N) is 1. The lowest BCUT2D eigenvalue weighted by atomic mass is 9.92. The highest BCUT2D eigenvalue weighted by molar-refractivity contribution is 5.77. The summed E-state index contributed by atoms with van der Waals surface area (Å²) in [6.45, 7) is 6.24. The molecule has 2 atom stereocenters. The van der Waals surface area contributed by atoms with Crippen molar-refractivity contribution in [3.05, 3.63) is 95.6 Å². The summed E-state index contributed by atoms with van der Waals surface area (Å²) < 4.78 is 11.3. The predicted molar refractivity (Wildman–Crippen MR) is 160 cm³/mol. The van der Waals surface area contributed by atoms with Crippen molar-refractivity contribution >= 4 is 11.8 Å². The third-order valence-corrected chi connectivity index (χ3v) is 7.64. The van der Waals surface area contributed by atoms with Crippen molar-refractivity contribution in [2.24, 2.45) is 5.92 Å². The number of carbonyl (C=O) groups excluding carboxylic acids is 2. The first-order valence-corrected chi connectivity index (χ1v) is 14.6. The smallest absolute Gasteiger partial charge is 0.222 e. The Bertz CT molecular complexity index is 1220. The largest absolute Gasteiger partial charge is 0.494 e.